The summed E-state index contributed by atoms with van der Waals surface area (Å²) in [6, 6.07) is 1.79. The van der Waals surface area contributed by atoms with Crippen molar-refractivity contribution in [1.29, 1.82) is 0 Å². The number of hydrogen-bond acceptors (Lipinski definition) is 4. The highest BCUT2D eigenvalue weighted by molar-refractivity contribution is 7.12. The van der Waals surface area contributed by atoms with Gasteiger partial charge in [-0.3, -0.25) is 4.79 Å². The van der Waals surface area contributed by atoms with Crippen molar-refractivity contribution in [3.05, 3.63) is 16.3 Å². The number of hydrogen-bond donors (Lipinski definition) is 2. The fourth-order valence-corrected chi connectivity index (χ4v) is 2.65. The highest BCUT2D eigenvalue weighted by Crippen LogP contribution is 2.24. The van der Waals surface area contributed by atoms with Crippen LogP contribution >= 0.6 is 11.3 Å². The van der Waals surface area contributed by atoms with Crippen LogP contribution in [-0.2, 0) is 0 Å². The molecule has 5 heteroatoms. The average molecular weight is 271 g/mol. The summed E-state index contributed by atoms with van der Waals surface area (Å²) in [7, 11) is 1.56. The molecule has 1 unspecified atom stereocenters. The van der Waals surface area contributed by atoms with Gasteiger partial charge in [-0.05, 0) is 30.2 Å². The third-order valence-corrected chi connectivity index (χ3v) is 3.74. The number of nitrogens with one attached hydrogen (secondary N) is 1. The van der Waals surface area contributed by atoms with Gasteiger partial charge in [0.15, 0.2) is 0 Å². The molecule has 1 aromatic rings. The van der Waals surface area contributed by atoms with Gasteiger partial charge in [-0.25, -0.2) is 0 Å². The molecule has 0 fully saturated rings. The molecular weight excluding hydrogens is 250 g/mol. The summed E-state index contributed by atoms with van der Waals surface area (Å²) in [5.41, 5.74) is 0. The minimum atomic E-state index is -0.0964. The molecule has 2 N–H and O–H groups in total. The smallest absolute Gasteiger partial charge is 0.265 e. The van der Waals surface area contributed by atoms with Crippen LogP contribution in [0.4, 0.5) is 0 Å². The molecule has 0 aliphatic heterocycles. The van der Waals surface area contributed by atoms with Crippen molar-refractivity contribution in [2.24, 2.45) is 5.92 Å². The van der Waals surface area contributed by atoms with Gasteiger partial charge in [0.25, 0.3) is 5.91 Å². The van der Waals surface area contributed by atoms with Crippen LogP contribution in [-0.4, -0.2) is 31.3 Å². The number of carbonyl (C=O) groups excluding carboxylic acids is 1. The van der Waals surface area contributed by atoms with E-state index in [9.17, 15) is 4.79 Å². The van der Waals surface area contributed by atoms with Crippen LogP contribution in [0, 0.1) is 5.92 Å². The zero-order valence-electron chi connectivity index (χ0n) is 10.9. The first-order chi connectivity index (χ1) is 8.72. The third-order valence-electron chi connectivity index (χ3n) is 2.84. The molecule has 0 spiro atoms. The summed E-state index contributed by atoms with van der Waals surface area (Å²) in [5.74, 6) is 0.863. The molecule has 1 rings (SSSR count). The van der Waals surface area contributed by atoms with Gasteiger partial charge in [-0.15, -0.1) is 11.3 Å². The normalized spacial score (nSPS) is 12.2. The predicted octanol–water partition coefficient (Wildman–Crippen LogP) is 2.29. The van der Waals surface area contributed by atoms with E-state index in [1.165, 1.54) is 11.3 Å². The van der Waals surface area contributed by atoms with Gasteiger partial charge in [-0.2, -0.15) is 0 Å². The second-order valence-electron chi connectivity index (χ2n) is 4.20. The Labute approximate surface area is 112 Å². The molecule has 1 atom stereocenters. The van der Waals surface area contributed by atoms with Gasteiger partial charge < -0.3 is 15.2 Å². The van der Waals surface area contributed by atoms with E-state index in [0.29, 0.717) is 23.1 Å². The number of amides is 1. The lowest BCUT2D eigenvalue weighted by atomic mass is 10.0. The molecule has 0 aliphatic rings. The first-order valence-electron chi connectivity index (χ1n) is 6.23. The SMILES string of the molecule is CCCC(CCO)CNC(=O)c1sccc1OC. The second-order valence-corrected chi connectivity index (χ2v) is 5.11. The Hall–Kier alpha value is -1.07. The van der Waals surface area contributed by atoms with Crippen molar-refractivity contribution in [2.75, 3.05) is 20.3 Å². The van der Waals surface area contributed by atoms with Gasteiger partial charge >= 0.3 is 0 Å². The van der Waals surface area contributed by atoms with Gasteiger partial charge in [0, 0.05) is 13.2 Å². The minimum absolute atomic E-state index is 0.0964. The van der Waals surface area contributed by atoms with Gasteiger partial charge in [0.1, 0.15) is 10.6 Å². The lowest BCUT2D eigenvalue weighted by Crippen LogP contribution is -2.29. The molecule has 1 heterocycles. The van der Waals surface area contributed by atoms with E-state index >= 15 is 0 Å². The van der Waals surface area contributed by atoms with Crippen LogP contribution in [0.5, 0.6) is 5.75 Å². The number of aliphatic hydroxyl groups is 1. The van der Waals surface area contributed by atoms with Crippen LogP contribution in [0.3, 0.4) is 0 Å². The van der Waals surface area contributed by atoms with Gasteiger partial charge in [-0.1, -0.05) is 13.3 Å². The number of thiophene rings is 1. The van der Waals surface area contributed by atoms with Crippen LogP contribution in [0.25, 0.3) is 0 Å². The maximum Gasteiger partial charge on any atom is 0.265 e. The maximum atomic E-state index is 12.0. The third kappa shape index (κ3) is 4.31. The Balaban J connectivity index is 2.49. The molecule has 0 aromatic carbocycles. The first kappa shape index (κ1) is 15.0. The lowest BCUT2D eigenvalue weighted by Gasteiger charge is -2.15. The first-order valence-corrected chi connectivity index (χ1v) is 7.11. The molecule has 18 heavy (non-hydrogen) atoms. The fourth-order valence-electron chi connectivity index (χ4n) is 1.88. The highest BCUT2D eigenvalue weighted by atomic mass is 32.1. The molecule has 4 nitrogen and oxygen atoms in total. The molecule has 0 saturated carbocycles. The molecule has 1 amide bonds. The van der Waals surface area contributed by atoms with E-state index in [-0.39, 0.29) is 12.5 Å². The van der Waals surface area contributed by atoms with Crippen molar-refractivity contribution in [3.8, 4) is 5.75 Å². The molecule has 0 bridgehead atoms. The molecular formula is C13H21NO3S. The van der Waals surface area contributed by atoms with E-state index in [1.54, 1.807) is 13.2 Å². The zero-order chi connectivity index (χ0) is 13.4. The minimum Gasteiger partial charge on any atom is -0.495 e. The number of rotatable bonds is 8. The predicted molar refractivity (Wildman–Crippen MR) is 73.3 cm³/mol. The number of ether oxygens (including phenoxy) is 1. The Bertz CT molecular complexity index is 359. The van der Waals surface area contributed by atoms with Gasteiger partial charge in [0.05, 0.1) is 7.11 Å². The summed E-state index contributed by atoms with van der Waals surface area (Å²) in [6.07, 6.45) is 2.81. The van der Waals surface area contributed by atoms with Gasteiger partial charge in [0.2, 0.25) is 0 Å². The summed E-state index contributed by atoms with van der Waals surface area (Å²) < 4.78 is 5.12. The maximum absolute atomic E-state index is 12.0. The molecule has 102 valence electrons. The van der Waals surface area contributed by atoms with Crippen LogP contribution in [0.15, 0.2) is 11.4 Å². The van der Waals surface area contributed by atoms with Crippen molar-refractivity contribution in [3.63, 3.8) is 0 Å². The fraction of sp³-hybridized carbons (Fsp3) is 0.615. The topological polar surface area (TPSA) is 58.6 Å². The van der Waals surface area contributed by atoms with E-state index in [0.717, 1.165) is 19.3 Å². The van der Waals surface area contributed by atoms with E-state index < -0.39 is 0 Å². The second kappa shape index (κ2) is 8.11. The largest absolute Gasteiger partial charge is 0.495 e. The molecule has 1 aromatic heterocycles. The summed E-state index contributed by atoms with van der Waals surface area (Å²) in [4.78, 5) is 12.6. The lowest BCUT2D eigenvalue weighted by molar-refractivity contribution is 0.0944. The van der Waals surface area contributed by atoms with Crippen molar-refractivity contribution in [1.82, 2.24) is 5.32 Å². The number of carbonyl (C=O) groups is 1. The molecule has 0 radical (unpaired) electrons. The van der Waals surface area contributed by atoms with Crippen LogP contribution < -0.4 is 10.1 Å². The quantitative estimate of drug-likeness (QED) is 0.762. The Morgan fingerprint density at radius 3 is 2.94 bits per heavy atom. The van der Waals surface area contributed by atoms with Crippen LogP contribution in [0.2, 0.25) is 0 Å². The Kier molecular flexibility index (Phi) is 6.75. The molecule has 0 saturated heterocycles. The summed E-state index contributed by atoms with van der Waals surface area (Å²) in [5, 5.41) is 13.7. The van der Waals surface area contributed by atoms with Crippen molar-refractivity contribution in [2.45, 2.75) is 26.2 Å². The summed E-state index contributed by atoms with van der Waals surface area (Å²) in [6.45, 7) is 2.88. The standard InChI is InChI=1S/C13H21NO3S/c1-3-4-10(5-7-15)9-14-13(16)12-11(17-2)6-8-18-12/h6,8,10,15H,3-5,7,9H2,1-2H3,(H,14,16). The molecule has 0 aliphatic carbocycles. The van der Waals surface area contributed by atoms with E-state index in [2.05, 4.69) is 12.2 Å². The Morgan fingerprint density at radius 2 is 2.33 bits per heavy atom. The van der Waals surface area contributed by atoms with E-state index in [1.807, 2.05) is 5.38 Å². The Morgan fingerprint density at radius 1 is 1.56 bits per heavy atom. The van der Waals surface area contributed by atoms with Crippen molar-refractivity contribution < 1.29 is 14.6 Å². The van der Waals surface area contributed by atoms with Crippen molar-refractivity contribution >= 4 is 17.2 Å². The highest BCUT2D eigenvalue weighted by Gasteiger charge is 2.15. The monoisotopic (exact) mass is 271 g/mol. The summed E-state index contributed by atoms with van der Waals surface area (Å²) >= 11 is 1.37. The zero-order valence-corrected chi connectivity index (χ0v) is 11.8. The number of aliphatic hydroxyl groups excluding tert-OH is 1. The van der Waals surface area contributed by atoms with Crippen LogP contribution in [0.1, 0.15) is 35.9 Å². The number of methoxy groups -OCH3 is 1. The van der Waals surface area contributed by atoms with E-state index in [4.69, 9.17) is 9.84 Å². The average Bonchev–Trinajstić information content (AvgIpc) is 2.84.